The van der Waals surface area contributed by atoms with Crippen LogP contribution in [0.1, 0.15) is 26.5 Å². The van der Waals surface area contributed by atoms with Crippen LogP contribution in [0.2, 0.25) is 0 Å². The van der Waals surface area contributed by atoms with Crippen LogP contribution >= 0.6 is 0 Å². The van der Waals surface area contributed by atoms with E-state index >= 15 is 0 Å². The number of carbonyl (C=O) groups excluding carboxylic acids is 2. The molecule has 4 rings (SSSR count). The molecule has 3 aromatic carbocycles. The Hall–Kier alpha value is -4.99. The molecule has 35 heavy (non-hydrogen) atoms. The molecule has 0 atom stereocenters. The molecule has 0 fully saturated rings. The third-order valence-corrected chi connectivity index (χ3v) is 4.99. The summed E-state index contributed by atoms with van der Waals surface area (Å²) in [5.41, 5.74) is -0.206. The summed E-state index contributed by atoms with van der Waals surface area (Å²) in [5, 5.41) is 11.1. The minimum absolute atomic E-state index is 0.00102. The van der Waals surface area contributed by atoms with Gasteiger partial charge in [0.2, 0.25) is 11.2 Å². The van der Waals surface area contributed by atoms with Crippen LogP contribution in [0, 0.1) is 17.0 Å². The maximum Gasteiger partial charge on any atom is 0.343 e. The summed E-state index contributed by atoms with van der Waals surface area (Å²) in [4.78, 5) is 47.3. The smallest absolute Gasteiger partial charge is 0.343 e. The van der Waals surface area contributed by atoms with Crippen LogP contribution in [-0.2, 0) is 4.74 Å². The number of esters is 2. The van der Waals surface area contributed by atoms with Crippen molar-refractivity contribution in [3.63, 3.8) is 0 Å². The van der Waals surface area contributed by atoms with Crippen molar-refractivity contribution in [3.05, 3.63) is 104 Å². The average Bonchev–Trinajstić information content (AvgIpc) is 2.86. The monoisotopic (exact) mass is 475 g/mol. The molecule has 0 radical (unpaired) electrons. The number of nitro benzene ring substituents is 1. The van der Waals surface area contributed by atoms with E-state index in [0.717, 1.165) is 6.07 Å². The first-order chi connectivity index (χ1) is 16.8. The van der Waals surface area contributed by atoms with Crippen LogP contribution in [0.4, 0.5) is 5.69 Å². The van der Waals surface area contributed by atoms with Gasteiger partial charge in [0.1, 0.15) is 22.8 Å². The van der Waals surface area contributed by atoms with Crippen molar-refractivity contribution in [1.82, 2.24) is 0 Å². The first kappa shape index (κ1) is 23.2. The van der Waals surface area contributed by atoms with Gasteiger partial charge >= 0.3 is 11.9 Å². The van der Waals surface area contributed by atoms with Crippen molar-refractivity contribution in [2.45, 2.75) is 6.92 Å². The Morgan fingerprint density at radius 2 is 1.63 bits per heavy atom. The lowest BCUT2D eigenvalue weighted by Gasteiger charge is -2.10. The number of carbonyl (C=O) groups is 2. The van der Waals surface area contributed by atoms with Gasteiger partial charge in [-0.1, -0.05) is 6.07 Å². The van der Waals surface area contributed by atoms with Gasteiger partial charge in [-0.25, -0.2) is 9.59 Å². The van der Waals surface area contributed by atoms with E-state index in [0.29, 0.717) is 11.3 Å². The van der Waals surface area contributed by atoms with E-state index in [4.69, 9.17) is 13.9 Å². The minimum atomic E-state index is -0.803. The maximum absolute atomic E-state index is 13.0. The van der Waals surface area contributed by atoms with Crippen LogP contribution in [0.15, 0.2) is 75.9 Å². The van der Waals surface area contributed by atoms with E-state index in [1.165, 1.54) is 67.8 Å². The van der Waals surface area contributed by atoms with E-state index in [9.17, 15) is 24.5 Å². The summed E-state index contributed by atoms with van der Waals surface area (Å²) in [6, 6.07) is 15.4. The fourth-order valence-electron chi connectivity index (χ4n) is 3.26. The highest BCUT2D eigenvalue weighted by Gasteiger charge is 2.17. The van der Waals surface area contributed by atoms with E-state index in [2.05, 4.69) is 4.74 Å². The van der Waals surface area contributed by atoms with Gasteiger partial charge < -0.3 is 18.6 Å². The van der Waals surface area contributed by atoms with Gasteiger partial charge in [-0.3, -0.25) is 14.9 Å². The highest BCUT2D eigenvalue weighted by Crippen LogP contribution is 2.28. The number of ether oxygens (including phenoxy) is 3. The molecule has 0 unspecified atom stereocenters. The first-order valence-electron chi connectivity index (χ1n) is 10.2. The normalized spacial score (nSPS) is 10.6. The van der Waals surface area contributed by atoms with E-state index in [-0.39, 0.29) is 39.5 Å². The highest BCUT2D eigenvalue weighted by molar-refractivity contribution is 5.92. The Balaban J connectivity index is 1.59. The van der Waals surface area contributed by atoms with Gasteiger partial charge in [-0.2, -0.15) is 0 Å². The zero-order chi connectivity index (χ0) is 25.1. The van der Waals surface area contributed by atoms with Gasteiger partial charge in [0.05, 0.1) is 28.5 Å². The number of hydrogen-bond acceptors (Lipinski definition) is 9. The number of methoxy groups -OCH3 is 1. The molecule has 0 aliphatic rings. The lowest BCUT2D eigenvalue weighted by Crippen LogP contribution is -2.10. The average molecular weight is 475 g/mol. The van der Waals surface area contributed by atoms with E-state index in [1.807, 2.05) is 0 Å². The molecule has 0 saturated heterocycles. The predicted octanol–water partition coefficient (Wildman–Crippen LogP) is 4.81. The number of fused-ring (bicyclic) bond motifs is 1. The fourth-order valence-corrected chi connectivity index (χ4v) is 3.26. The zero-order valence-electron chi connectivity index (χ0n) is 18.5. The van der Waals surface area contributed by atoms with Gasteiger partial charge in [0.15, 0.2) is 0 Å². The lowest BCUT2D eigenvalue weighted by molar-refractivity contribution is -0.384. The van der Waals surface area contributed by atoms with E-state index < -0.39 is 22.3 Å². The Labute approximate surface area is 197 Å². The Morgan fingerprint density at radius 3 is 2.31 bits per heavy atom. The standard InChI is InChI=1S/C25H17NO9/c1-14-23(34-18-8-6-15(7-9-18)24(28)32-2)22(27)20-11-10-19(13-21(20)33-14)35-25(29)16-4-3-5-17(12-16)26(30)31/h3-13H,1-2H3. The second-order valence-electron chi connectivity index (χ2n) is 7.29. The molecule has 0 saturated carbocycles. The van der Waals surface area contributed by atoms with Gasteiger partial charge in [0, 0.05) is 18.2 Å². The van der Waals surface area contributed by atoms with E-state index in [1.54, 1.807) is 6.92 Å². The molecule has 0 spiro atoms. The molecule has 4 aromatic rings. The zero-order valence-corrected chi connectivity index (χ0v) is 18.5. The lowest BCUT2D eigenvalue weighted by atomic mass is 10.2. The molecular weight excluding hydrogens is 458 g/mol. The van der Waals surface area contributed by atoms with Crippen molar-refractivity contribution in [2.75, 3.05) is 7.11 Å². The third kappa shape index (κ3) is 4.86. The highest BCUT2D eigenvalue weighted by atomic mass is 16.6. The second kappa shape index (κ2) is 9.48. The predicted molar refractivity (Wildman–Crippen MR) is 123 cm³/mol. The second-order valence-corrected chi connectivity index (χ2v) is 7.29. The SMILES string of the molecule is COC(=O)c1ccc(Oc2c(C)oc3cc(OC(=O)c4cccc([N+](=O)[O-])c4)ccc3c2=O)cc1. The molecule has 10 nitrogen and oxygen atoms in total. The van der Waals surface area contributed by atoms with Crippen molar-refractivity contribution in [2.24, 2.45) is 0 Å². The number of rotatable bonds is 6. The number of aryl methyl sites for hydroxylation is 1. The molecule has 176 valence electrons. The number of non-ortho nitro benzene ring substituents is 1. The van der Waals surface area contributed by atoms with Gasteiger partial charge in [0.25, 0.3) is 5.69 Å². The summed E-state index contributed by atoms with van der Waals surface area (Å²) in [7, 11) is 1.27. The summed E-state index contributed by atoms with van der Waals surface area (Å²) in [6.07, 6.45) is 0. The summed E-state index contributed by atoms with van der Waals surface area (Å²) in [5.74, 6) is -0.757. The molecule has 0 bridgehead atoms. The molecule has 0 aliphatic carbocycles. The molecule has 0 aliphatic heterocycles. The molecule has 0 amide bonds. The van der Waals surface area contributed by atoms with Gasteiger partial charge in [-0.15, -0.1) is 0 Å². The van der Waals surface area contributed by atoms with Crippen molar-refractivity contribution in [1.29, 1.82) is 0 Å². The molecule has 1 aromatic heterocycles. The van der Waals surface area contributed by atoms with Crippen LogP contribution in [0.5, 0.6) is 17.2 Å². The van der Waals surface area contributed by atoms with Crippen LogP contribution in [0.25, 0.3) is 11.0 Å². The maximum atomic E-state index is 13.0. The number of nitrogens with zero attached hydrogens (tertiary/aromatic N) is 1. The summed E-state index contributed by atoms with van der Waals surface area (Å²) in [6.45, 7) is 1.54. The molecule has 1 heterocycles. The summed E-state index contributed by atoms with van der Waals surface area (Å²) < 4.78 is 21.4. The quantitative estimate of drug-likeness (QED) is 0.167. The molecule has 10 heteroatoms. The summed E-state index contributed by atoms with van der Waals surface area (Å²) >= 11 is 0. The number of nitro groups is 1. The number of hydrogen-bond donors (Lipinski definition) is 0. The van der Waals surface area contributed by atoms with Crippen molar-refractivity contribution in [3.8, 4) is 17.2 Å². The fraction of sp³-hybridized carbons (Fsp3) is 0.0800. The van der Waals surface area contributed by atoms with Crippen molar-refractivity contribution >= 4 is 28.6 Å². The minimum Gasteiger partial charge on any atom is -0.465 e. The van der Waals surface area contributed by atoms with Crippen LogP contribution in [0.3, 0.4) is 0 Å². The Kier molecular flexibility index (Phi) is 6.27. The van der Waals surface area contributed by atoms with Gasteiger partial charge in [-0.05, 0) is 49.4 Å². The van der Waals surface area contributed by atoms with Crippen LogP contribution in [-0.4, -0.2) is 24.0 Å². The first-order valence-corrected chi connectivity index (χ1v) is 10.2. The van der Waals surface area contributed by atoms with Crippen LogP contribution < -0.4 is 14.9 Å². The molecule has 0 N–H and O–H groups in total. The Bertz CT molecular complexity index is 1520. The largest absolute Gasteiger partial charge is 0.465 e. The third-order valence-electron chi connectivity index (χ3n) is 4.99. The molecular formula is C25H17NO9. The Morgan fingerprint density at radius 1 is 0.914 bits per heavy atom. The van der Waals surface area contributed by atoms with Crippen molar-refractivity contribution < 1.29 is 33.1 Å². The topological polar surface area (TPSA) is 135 Å². The number of benzene rings is 3.